The van der Waals surface area contributed by atoms with Crippen molar-refractivity contribution >= 4 is 11.2 Å². The summed E-state index contributed by atoms with van der Waals surface area (Å²) in [5.41, 5.74) is 2.87. The molecule has 0 aliphatic heterocycles. The summed E-state index contributed by atoms with van der Waals surface area (Å²) < 4.78 is 1.72. The van der Waals surface area contributed by atoms with Crippen LogP contribution in [0.5, 0.6) is 0 Å². The van der Waals surface area contributed by atoms with Gasteiger partial charge in [0, 0.05) is 6.20 Å². The van der Waals surface area contributed by atoms with Crippen molar-refractivity contribution in [3.05, 3.63) is 36.3 Å². The maximum Gasteiger partial charge on any atom is 0.178 e. The number of aromatic nitrogens is 6. The number of aryl methyl sites for hydroxylation is 1. The molecule has 0 amide bonds. The highest BCUT2D eigenvalue weighted by molar-refractivity contribution is 5.74. The van der Waals surface area contributed by atoms with Gasteiger partial charge in [-0.2, -0.15) is 5.10 Å². The molecule has 0 atom stereocenters. The smallest absolute Gasteiger partial charge is 0.178 e. The highest BCUT2D eigenvalue weighted by Crippen LogP contribution is 2.13. The number of hydrogen-bond acceptors (Lipinski definition) is 4. The number of aromatic amines is 1. The lowest BCUT2D eigenvalue weighted by atomic mass is 10.3. The summed E-state index contributed by atoms with van der Waals surface area (Å²) in [4.78, 5) is 15.7. The maximum atomic E-state index is 4.39. The number of nitrogens with zero attached hydrogens (tertiary/aromatic N) is 5. The monoisotopic (exact) mass is 214 g/mol. The Bertz CT molecular complexity index is 609. The van der Waals surface area contributed by atoms with E-state index in [4.69, 9.17) is 0 Å². The molecule has 0 radical (unpaired) electrons. The molecule has 0 aliphatic rings. The van der Waals surface area contributed by atoms with Gasteiger partial charge < -0.3 is 4.98 Å². The largest absolute Gasteiger partial charge is 0.339 e. The third-order valence-corrected chi connectivity index (χ3v) is 2.43. The summed E-state index contributed by atoms with van der Waals surface area (Å²) in [6.45, 7) is 2.61. The number of nitrogens with one attached hydrogen (secondary N) is 1. The molecule has 16 heavy (non-hydrogen) atoms. The summed E-state index contributed by atoms with van der Waals surface area (Å²) in [5, 5.41) is 4.03. The number of fused-ring (bicyclic) bond motifs is 1. The normalized spacial score (nSPS) is 11.1. The number of pyridine rings is 1. The quantitative estimate of drug-likeness (QED) is 0.688. The molecule has 0 unspecified atom stereocenters. The van der Waals surface area contributed by atoms with Gasteiger partial charge in [0.2, 0.25) is 0 Å². The van der Waals surface area contributed by atoms with E-state index in [0.29, 0.717) is 6.54 Å². The fourth-order valence-corrected chi connectivity index (χ4v) is 1.63. The van der Waals surface area contributed by atoms with E-state index < -0.39 is 0 Å². The lowest BCUT2D eigenvalue weighted by Gasteiger charge is -1.94. The van der Waals surface area contributed by atoms with Crippen LogP contribution in [0.25, 0.3) is 11.2 Å². The molecule has 3 aromatic rings. The first kappa shape index (κ1) is 9.02. The van der Waals surface area contributed by atoms with Gasteiger partial charge in [-0.25, -0.2) is 19.6 Å². The van der Waals surface area contributed by atoms with Crippen molar-refractivity contribution in [3.8, 4) is 0 Å². The summed E-state index contributed by atoms with van der Waals surface area (Å²) in [6.07, 6.45) is 4.93. The Balaban J connectivity index is 2.02. The van der Waals surface area contributed by atoms with Crippen LogP contribution in [0.15, 0.2) is 24.9 Å². The molecule has 0 aromatic carbocycles. The molecule has 6 heteroatoms. The van der Waals surface area contributed by atoms with Crippen molar-refractivity contribution < 1.29 is 0 Å². The first-order valence-corrected chi connectivity index (χ1v) is 4.95. The van der Waals surface area contributed by atoms with E-state index in [1.807, 2.05) is 13.0 Å². The average molecular weight is 214 g/mol. The molecule has 0 spiro atoms. The summed E-state index contributed by atoms with van der Waals surface area (Å²) >= 11 is 0. The zero-order valence-electron chi connectivity index (χ0n) is 8.75. The molecule has 3 aromatic heterocycles. The van der Waals surface area contributed by atoms with Crippen molar-refractivity contribution in [3.63, 3.8) is 0 Å². The van der Waals surface area contributed by atoms with Crippen molar-refractivity contribution in [2.24, 2.45) is 0 Å². The molecule has 0 aliphatic carbocycles. The molecule has 80 valence electrons. The molecular formula is C10H10N6. The molecule has 1 N–H and O–H groups in total. The first-order valence-electron chi connectivity index (χ1n) is 4.95. The topological polar surface area (TPSA) is 72.3 Å². The predicted octanol–water partition coefficient (Wildman–Crippen LogP) is 0.906. The second kappa shape index (κ2) is 3.41. The minimum Gasteiger partial charge on any atom is -0.339 e. The first-order chi connectivity index (χ1) is 7.83. The van der Waals surface area contributed by atoms with Gasteiger partial charge in [0.1, 0.15) is 25.0 Å². The Labute approximate surface area is 91.4 Å². The van der Waals surface area contributed by atoms with Gasteiger partial charge in [-0.3, -0.25) is 0 Å². The van der Waals surface area contributed by atoms with E-state index in [1.54, 1.807) is 17.2 Å². The van der Waals surface area contributed by atoms with Crippen LogP contribution in [0.4, 0.5) is 0 Å². The van der Waals surface area contributed by atoms with E-state index in [0.717, 1.165) is 22.6 Å². The van der Waals surface area contributed by atoms with Gasteiger partial charge in [-0.05, 0) is 18.6 Å². The van der Waals surface area contributed by atoms with Crippen LogP contribution in [0.2, 0.25) is 0 Å². The average Bonchev–Trinajstić information content (AvgIpc) is 2.88. The number of hydrogen-bond donors (Lipinski definition) is 1. The van der Waals surface area contributed by atoms with Crippen LogP contribution < -0.4 is 0 Å². The van der Waals surface area contributed by atoms with Gasteiger partial charge in [0.05, 0.1) is 5.52 Å². The van der Waals surface area contributed by atoms with E-state index in [9.17, 15) is 0 Å². The summed E-state index contributed by atoms with van der Waals surface area (Å²) in [6, 6.07) is 1.96. The van der Waals surface area contributed by atoms with Crippen molar-refractivity contribution in [2.45, 2.75) is 13.5 Å². The second-order valence-electron chi connectivity index (χ2n) is 3.60. The Morgan fingerprint density at radius 1 is 1.44 bits per heavy atom. The summed E-state index contributed by atoms with van der Waals surface area (Å²) in [7, 11) is 0. The molecule has 3 rings (SSSR count). The third-order valence-electron chi connectivity index (χ3n) is 2.43. The molecule has 0 saturated heterocycles. The van der Waals surface area contributed by atoms with Crippen molar-refractivity contribution in [1.82, 2.24) is 29.7 Å². The predicted molar refractivity (Wildman–Crippen MR) is 57.7 cm³/mol. The van der Waals surface area contributed by atoms with Gasteiger partial charge >= 0.3 is 0 Å². The lowest BCUT2D eigenvalue weighted by Crippen LogP contribution is -2.01. The zero-order chi connectivity index (χ0) is 11.0. The fraction of sp³-hybridized carbons (Fsp3) is 0.200. The number of H-pyrrole nitrogens is 1. The summed E-state index contributed by atoms with van der Waals surface area (Å²) in [5.74, 6) is 0.835. The van der Waals surface area contributed by atoms with Crippen LogP contribution in [-0.2, 0) is 6.54 Å². The highest BCUT2D eigenvalue weighted by atomic mass is 15.3. The highest BCUT2D eigenvalue weighted by Gasteiger charge is 2.06. The second-order valence-corrected chi connectivity index (χ2v) is 3.60. The number of rotatable bonds is 2. The van der Waals surface area contributed by atoms with Gasteiger partial charge in [0.15, 0.2) is 5.65 Å². The van der Waals surface area contributed by atoms with E-state index in [2.05, 4.69) is 25.0 Å². The molecule has 0 fully saturated rings. The Kier molecular flexibility index (Phi) is 1.92. The van der Waals surface area contributed by atoms with Crippen molar-refractivity contribution in [1.29, 1.82) is 0 Å². The molecule has 0 saturated carbocycles. The zero-order valence-corrected chi connectivity index (χ0v) is 8.75. The van der Waals surface area contributed by atoms with Gasteiger partial charge in [-0.15, -0.1) is 0 Å². The van der Waals surface area contributed by atoms with Crippen LogP contribution in [-0.4, -0.2) is 29.7 Å². The lowest BCUT2D eigenvalue weighted by molar-refractivity contribution is 0.661. The van der Waals surface area contributed by atoms with E-state index >= 15 is 0 Å². The SMILES string of the molecule is Cc1ccnc2nc(Cn3cncn3)[nH]c12. The van der Waals surface area contributed by atoms with Crippen molar-refractivity contribution in [2.75, 3.05) is 0 Å². The van der Waals surface area contributed by atoms with Crippen LogP contribution in [0.3, 0.4) is 0 Å². The van der Waals surface area contributed by atoms with Crippen LogP contribution >= 0.6 is 0 Å². The third kappa shape index (κ3) is 1.44. The maximum absolute atomic E-state index is 4.39. The molecule has 6 nitrogen and oxygen atoms in total. The molecule has 0 bridgehead atoms. The standard InChI is InChI=1S/C10H10N6/c1-7-2-3-12-10-9(7)14-8(15-10)4-16-6-11-5-13-16/h2-3,5-6H,4H2,1H3,(H,12,14,15). The van der Waals surface area contributed by atoms with E-state index in [-0.39, 0.29) is 0 Å². The fourth-order valence-electron chi connectivity index (χ4n) is 1.63. The Hall–Kier alpha value is -2.24. The number of imidazole rings is 1. The van der Waals surface area contributed by atoms with Gasteiger partial charge in [-0.1, -0.05) is 0 Å². The van der Waals surface area contributed by atoms with Crippen LogP contribution in [0.1, 0.15) is 11.4 Å². The molecular weight excluding hydrogens is 204 g/mol. The van der Waals surface area contributed by atoms with Crippen LogP contribution in [0, 0.1) is 6.92 Å². The minimum atomic E-state index is 0.579. The Morgan fingerprint density at radius 2 is 2.38 bits per heavy atom. The van der Waals surface area contributed by atoms with Gasteiger partial charge in [0.25, 0.3) is 0 Å². The minimum absolute atomic E-state index is 0.579. The van der Waals surface area contributed by atoms with E-state index in [1.165, 1.54) is 6.33 Å². The molecule has 3 heterocycles. The Morgan fingerprint density at radius 3 is 3.12 bits per heavy atom.